The van der Waals surface area contributed by atoms with Gasteiger partial charge in [0.15, 0.2) is 5.76 Å². The summed E-state index contributed by atoms with van der Waals surface area (Å²) >= 11 is 0. The Bertz CT molecular complexity index is 915. The molecule has 1 fully saturated rings. The number of likely N-dealkylation sites (tertiary alicyclic amines) is 1. The molecule has 1 saturated heterocycles. The lowest BCUT2D eigenvalue weighted by molar-refractivity contribution is 0.136. The molecule has 0 spiro atoms. The van der Waals surface area contributed by atoms with E-state index < -0.39 is 0 Å². The first kappa shape index (κ1) is 17.8. The number of para-hydroxylation sites is 1. The highest BCUT2D eigenvalue weighted by Gasteiger charge is 2.30. The minimum atomic E-state index is 0.269. The molecule has 0 amide bonds. The second kappa shape index (κ2) is 7.56. The zero-order valence-electron chi connectivity index (χ0n) is 16.2. The van der Waals surface area contributed by atoms with Crippen LogP contribution < -0.4 is 4.74 Å². The maximum atomic E-state index is 5.61. The smallest absolute Gasteiger partial charge is 0.173 e. The summed E-state index contributed by atoms with van der Waals surface area (Å²) in [6, 6.07) is 8.52. The zero-order chi connectivity index (χ0) is 18.8. The van der Waals surface area contributed by atoms with E-state index in [4.69, 9.17) is 9.26 Å². The molecule has 6 nitrogen and oxygen atoms in total. The van der Waals surface area contributed by atoms with Gasteiger partial charge in [-0.1, -0.05) is 29.8 Å². The van der Waals surface area contributed by atoms with E-state index in [1.165, 1.54) is 18.4 Å². The molecule has 6 heteroatoms. The van der Waals surface area contributed by atoms with E-state index in [0.29, 0.717) is 0 Å². The molecule has 0 saturated carbocycles. The molecule has 1 aliphatic rings. The Hall–Kier alpha value is -2.60. The van der Waals surface area contributed by atoms with Gasteiger partial charge < -0.3 is 9.26 Å². The molecule has 3 aromatic rings. The quantitative estimate of drug-likeness (QED) is 0.724. The summed E-state index contributed by atoms with van der Waals surface area (Å²) < 4.78 is 11.2. The van der Waals surface area contributed by atoms with Crippen molar-refractivity contribution in [2.75, 3.05) is 13.7 Å². The summed E-state index contributed by atoms with van der Waals surface area (Å²) in [6.45, 7) is 5.92. The van der Waals surface area contributed by atoms with E-state index >= 15 is 0 Å². The fourth-order valence-electron chi connectivity index (χ4n) is 3.96. The van der Waals surface area contributed by atoms with E-state index in [0.717, 1.165) is 53.5 Å². The first-order chi connectivity index (χ1) is 13.2. The van der Waals surface area contributed by atoms with Gasteiger partial charge in [0.25, 0.3) is 0 Å². The minimum absolute atomic E-state index is 0.269. The Labute approximate surface area is 159 Å². The summed E-state index contributed by atoms with van der Waals surface area (Å²) in [4.78, 5) is 2.51. The number of piperidine rings is 1. The summed E-state index contributed by atoms with van der Waals surface area (Å²) in [5, 5.41) is 11.7. The molecule has 1 atom stereocenters. The number of nitrogens with one attached hydrogen (secondary N) is 1. The van der Waals surface area contributed by atoms with Gasteiger partial charge in [0.05, 0.1) is 36.3 Å². The molecule has 27 heavy (non-hydrogen) atoms. The lowest BCUT2D eigenvalue weighted by Gasteiger charge is -2.35. The SMILES string of the molecule is COc1ccccc1CN1CCCCC1c1[nH]ncc1-c1onc(C)c1C. The monoisotopic (exact) mass is 366 g/mol. The van der Waals surface area contributed by atoms with Crippen LogP contribution >= 0.6 is 0 Å². The Kier molecular flexibility index (Phi) is 4.99. The maximum absolute atomic E-state index is 5.61. The van der Waals surface area contributed by atoms with Crippen LogP contribution in [0.1, 0.15) is 47.8 Å². The van der Waals surface area contributed by atoms with Gasteiger partial charge in [0, 0.05) is 17.7 Å². The lowest BCUT2D eigenvalue weighted by Crippen LogP contribution is -2.33. The summed E-state index contributed by atoms with van der Waals surface area (Å²) in [6.07, 6.45) is 5.37. The predicted octanol–water partition coefficient (Wildman–Crippen LogP) is 4.42. The van der Waals surface area contributed by atoms with Gasteiger partial charge in [-0.15, -0.1) is 0 Å². The Balaban J connectivity index is 1.66. The second-order valence-corrected chi connectivity index (χ2v) is 7.21. The van der Waals surface area contributed by atoms with Crippen molar-refractivity contribution in [2.24, 2.45) is 0 Å². The van der Waals surface area contributed by atoms with Crippen molar-refractivity contribution >= 4 is 0 Å². The lowest BCUT2D eigenvalue weighted by atomic mass is 9.95. The molecular formula is C21H26N4O2. The third kappa shape index (κ3) is 3.37. The van der Waals surface area contributed by atoms with Crippen molar-refractivity contribution in [3.8, 4) is 17.1 Å². The zero-order valence-corrected chi connectivity index (χ0v) is 16.2. The second-order valence-electron chi connectivity index (χ2n) is 7.21. The number of aromatic amines is 1. The number of benzene rings is 1. The predicted molar refractivity (Wildman–Crippen MR) is 104 cm³/mol. The number of hydrogen-bond donors (Lipinski definition) is 1. The third-order valence-electron chi connectivity index (χ3n) is 5.58. The molecule has 2 aromatic heterocycles. The van der Waals surface area contributed by atoms with Crippen LogP contribution in [-0.2, 0) is 6.54 Å². The number of nitrogens with zero attached hydrogens (tertiary/aromatic N) is 3. The molecule has 0 radical (unpaired) electrons. The van der Waals surface area contributed by atoms with Crippen molar-refractivity contribution in [2.45, 2.75) is 45.7 Å². The molecule has 1 N–H and O–H groups in total. The summed E-state index contributed by atoms with van der Waals surface area (Å²) in [5.74, 6) is 1.76. The van der Waals surface area contributed by atoms with Gasteiger partial charge >= 0.3 is 0 Å². The normalized spacial score (nSPS) is 18.0. The topological polar surface area (TPSA) is 67.2 Å². The maximum Gasteiger partial charge on any atom is 0.173 e. The number of ether oxygens (including phenoxy) is 1. The molecule has 0 aliphatic carbocycles. The molecular weight excluding hydrogens is 340 g/mol. The number of aromatic nitrogens is 3. The van der Waals surface area contributed by atoms with Crippen LogP contribution in [0.4, 0.5) is 0 Å². The summed E-state index contributed by atoms with van der Waals surface area (Å²) in [5.41, 5.74) is 5.34. The first-order valence-electron chi connectivity index (χ1n) is 9.51. The molecule has 0 bridgehead atoms. The van der Waals surface area contributed by atoms with Crippen LogP contribution in [0.25, 0.3) is 11.3 Å². The van der Waals surface area contributed by atoms with Crippen LogP contribution in [0, 0.1) is 13.8 Å². The van der Waals surface area contributed by atoms with Gasteiger partial charge in [-0.3, -0.25) is 10.00 Å². The fourth-order valence-corrected chi connectivity index (χ4v) is 3.96. The molecule has 1 aliphatic heterocycles. The van der Waals surface area contributed by atoms with E-state index in [1.54, 1.807) is 7.11 Å². The number of methoxy groups -OCH3 is 1. The van der Waals surface area contributed by atoms with Gasteiger partial charge in [-0.2, -0.15) is 5.10 Å². The number of H-pyrrole nitrogens is 1. The van der Waals surface area contributed by atoms with Crippen LogP contribution in [0.2, 0.25) is 0 Å². The van der Waals surface area contributed by atoms with Crippen LogP contribution in [0.3, 0.4) is 0 Å². The third-order valence-corrected chi connectivity index (χ3v) is 5.58. The van der Waals surface area contributed by atoms with Gasteiger partial charge in [0.1, 0.15) is 5.75 Å². The highest BCUT2D eigenvalue weighted by molar-refractivity contribution is 5.64. The van der Waals surface area contributed by atoms with Gasteiger partial charge in [-0.25, -0.2) is 0 Å². The average molecular weight is 366 g/mol. The Morgan fingerprint density at radius 3 is 2.89 bits per heavy atom. The van der Waals surface area contributed by atoms with Gasteiger partial charge in [0.2, 0.25) is 0 Å². The standard InChI is InChI=1S/C21H26N4O2/c1-14-15(2)24-27-21(14)17-12-22-23-20(17)18-9-6-7-11-25(18)13-16-8-4-5-10-19(16)26-3/h4-5,8,10,12,18H,6-7,9,11,13H2,1-3H3,(H,22,23). The Morgan fingerprint density at radius 2 is 2.11 bits per heavy atom. The number of hydrogen-bond acceptors (Lipinski definition) is 5. The highest BCUT2D eigenvalue weighted by Crippen LogP contribution is 2.38. The number of rotatable bonds is 5. The van der Waals surface area contributed by atoms with E-state index in [1.807, 2.05) is 32.2 Å². The van der Waals surface area contributed by atoms with Crippen molar-refractivity contribution in [3.05, 3.63) is 53.0 Å². The first-order valence-corrected chi connectivity index (χ1v) is 9.51. The average Bonchev–Trinajstić information content (AvgIpc) is 3.30. The fraction of sp³-hybridized carbons (Fsp3) is 0.429. The van der Waals surface area contributed by atoms with Crippen molar-refractivity contribution < 1.29 is 9.26 Å². The molecule has 4 rings (SSSR count). The van der Waals surface area contributed by atoms with E-state index in [2.05, 4.69) is 32.4 Å². The van der Waals surface area contributed by atoms with Crippen molar-refractivity contribution in [1.82, 2.24) is 20.3 Å². The largest absolute Gasteiger partial charge is 0.496 e. The van der Waals surface area contributed by atoms with Crippen molar-refractivity contribution in [3.63, 3.8) is 0 Å². The van der Waals surface area contributed by atoms with Gasteiger partial charge in [-0.05, 0) is 39.3 Å². The van der Waals surface area contributed by atoms with Crippen LogP contribution in [-0.4, -0.2) is 33.9 Å². The van der Waals surface area contributed by atoms with E-state index in [-0.39, 0.29) is 6.04 Å². The molecule has 1 unspecified atom stereocenters. The summed E-state index contributed by atoms with van der Waals surface area (Å²) in [7, 11) is 1.73. The number of aryl methyl sites for hydroxylation is 1. The highest BCUT2D eigenvalue weighted by atomic mass is 16.5. The minimum Gasteiger partial charge on any atom is -0.496 e. The van der Waals surface area contributed by atoms with Crippen LogP contribution in [0.5, 0.6) is 5.75 Å². The molecule has 1 aromatic carbocycles. The Morgan fingerprint density at radius 1 is 1.26 bits per heavy atom. The molecule has 3 heterocycles. The molecule has 142 valence electrons. The van der Waals surface area contributed by atoms with E-state index in [9.17, 15) is 0 Å². The van der Waals surface area contributed by atoms with Crippen LogP contribution in [0.15, 0.2) is 35.0 Å². The van der Waals surface area contributed by atoms with Crippen molar-refractivity contribution in [1.29, 1.82) is 0 Å².